The maximum absolute atomic E-state index is 12.9. The molecule has 5 aromatic rings. The number of rotatable bonds is 7. The Morgan fingerprint density at radius 3 is 2.64 bits per heavy atom. The fourth-order valence-corrected chi connectivity index (χ4v) is 3.80. The number of hydrogen-bond acceptors (Lipinski definition) is 7. The van der Waals surface area contributed by atoms with Gasteiger partial charge in [-0.1, -0.05) is 18.2 Å². The molecule has 0 bridgehead atoms. The molecule has 3 aromatic heterocycles. The minimum absolute atomic E-state index is 0.295. The summed E-state index contributed by atoms with van der Waals surface area (Å²) in [4.78, 5) is 25.7. The highest BCUT2D eigenvalue weighted by Gasteiger charge is 2.12. The number of anilines is 3. The second-order valence-electron chi connectivity index (χ2n) is 8.15. The van der Waals surface area contributed by atoms with Crippen LogP contribution in [0.2, 0.25) is 0 Å². The Labute approximate surface area is 207 Å². The number of aryl methyl sites for hydroxylation is 2. The number of benzene rings is 2. The van der Waals surface area contributed by atoms with Crippen molar-refractivity contribution in [2.24, 2.45) is 0 Å². The number of aromatic nitrogens is 5. The lowest BCUT2D eigenvalue weighted by Crippen LogP contribution is -2.30. The Hall–Kier alpha value is -5.05. The number of fused-ring (bicyclic) bond motifs is 1. The molecule has 1 amide bonds. The summed E-state index contributed by atoms with van der Waals surface area (Å²) in [7, 11) is 0. The van der Waals surface area contributed by atoms with E-state index in [0.29, 0.717) is 22.9 Å². The molecule has 0 aliphatic carbocycles. The number of carbonyl (C=O) groups excluding carboxylic acids is 1. The Morgan fingerprint density at radius 2 is 1.81 bits per heavy atom. The van der Waals surface area contributed by atoms with Gasteiger partial charge in [-0.05, 0) is 68.5 Å². The van der Waals surface area contributed by atoms with Gasteiger partial charge >= 0.3 is 0 Å². The Balaban J connectivity index is 1.32. The van der Waals surface area contributed by atoms with Gasteiger partial charge in [0.15, 0.2) is 0 Å². The summed E-state index contributed by atoms with van der Waals surface area (Å²) >= 11 is 0. The number of hydrogen-bond donors (Lipinski definition) is 4. The van der Waals surface area contributed by atoms with Crippen LogP contribution in [0.4, 0.5) is 17.2 Å². The summed E-state index contributed by atoms with van der Waals surface area (Å²) < 4.78 is 0. The van der Waals surface area contributed by atoms with E-state index in [0.717, 1.165) is 33.7 Å². The molecule has 0 atom stereocenters. The van der Waals surface area contributed by atoms with Gasteiger partial charge in [0.1, 0.15) is 11.6 Å². The molecule has 0 spiro atoms. The number of para-hydroxylation sites is 1. The second-order valence-corrected chi connectivity index (χ2v) is 8.15. The molecule has 2 aromatic carbocycles. The average Bonchev–Trinajstić information content (AvgIpc) is 3.28. The van der Waals surface area contributed by atoms with Crippen molar-refractivity contribution in [1.82, 2.24) is 30.6 Å². The van der Waals surface area contributed by atoms with Gasteiger partial charge in [0, 0.05) is 29.0 Å². The summed E-state index contributed by atoms with van der Waals surface area (Å²) in [5.74, 6) is 0.853. The molecule has 0 saturated carbocycles. The fraction of sp³-hybridized carbons (Fsp3) is 0.0741. The van der Waals surface area contributed by atoms with Gasteiger partial charge in [-0.3, -0.25) is 25.7 Å². The van der Waals surface area contributed by atoms with Crippen molar-refractivity contribution in [2.75, 3.05) is 10.7 Å². The minimum Gasteiger partial charge on any atom is -0.355 e. The van der Waals surface area contributed by atoms with Crippen molar-refractivity contribution in [3.8, 4) is 0 Å². The molecule has 9 heteroatoms. The molecule has 36 heavy (non-hydrogen) atoms. The molecule has 4 N–H and O–H groups in total. The Kier molecular flexibility index (Phi) is 6.35. The van der Waals surface area contributed by atoms with Crippen molar-refractivity contribution in [3.05, 3.63) is 101 Å². The normalized spacial score (nSPS) is 11.1. The van der Waals surface area contributed by atoms with E-state index in [1.165, 1.54) is 0 Å². The SMILES string of the molecule is Cc1cc(NNC(=O)c2ccccc2Nc2ccc3c(/C=C/c4ccccn4)n[nH]c3c2)nc(C)n1. The third kappa shape index (κ3) is 5.20. The van der Waals surface area contributed by atoms with Crippen LogP contribution >= 0.6 is 0 Å². The number of amides is 1. The minimum atomic E-state index is -0.295. The summed E-state index contributed by atoms with van der Waals surface area (Å²) in [6, 6.07) is 20.7. The quantitative estimate of drug-likeness (QED) is 0.243. The lowest BCUT2D eigenvalue weighted by molar-refractivity contribution is 0.0963. The number of carbonyl (C=O) groups is 1. The zero-order chi connectivity index (χ0) is 24.9. The first kappa shape index (κ1) is 22.7. The maximum atomic E-state index is 12.9. The molecule has 0 unspecified atom stereocenters. The number of hydrazine groups is 1. The molecular weight excluding hydrogens is 452 g/mol. The Morgan fingerprint density at radius 1 is 0.944 bits per heavy atom. The van der Waals surface area contributed by atoms with Crippen molar-refractivity contribution in [1.29, 1.82) is 0 Å². The van der Waals surface area contributed by atoms with Gasteiger partial charge in [-0.25, -0.2) is 9.97 Å². The molecule has 0 aliphatic rings. The van der Waals surface area contributed by atoms with E-state index in [1.807, 2.05) is 73.7 Å². The van der Waals surface area contributed by atoms with Crippen LogP contribution in [0.3, 0.4) is 0 Å². The second kappa shape index (κ2) is 10.1. The summed E-state index contributed by atoms with van der Waals surface area (Å²) in [5, 5.41) is 11.8. The molecule has 0 saturated heterocycles. The maximum Gasteiger partial charge on any atom is 0.271 e. The number of nitrogens with zero attached hydrogens (tertiary/aromatic N) is 4. The van der Waals surface area contributed by atoms with Crippen molar-refractivity contribution in [3.63, 3.8) is 0 Å². The number of H-pyrrole nitrogens is 1. The standard InChI is InChI=1S/C27H24N8O/c1-17-15-26(30-18(2)29-17)34-35-27(36)22-8-3-4-9-23(22)31-20-10-12-21-24(32-33-25(21)16-20)13-11-19-7-5-6-14-28-19/h3-16,31H,1-2H3,(H,32,33)(H,35,36)(H,29,30,34)/b13-11+. The molecular formula is C27H24N8O. The van der Waals surface area contributed by atoms with Crippen LogP contribution in [0.1, 0.15) is 33.3 Å². The number of aromatic amines is 1. The third-order valence-electron chi connectivity index (χ3n) is 5.41. The third-order valence-corrected chi connectivity index (χ3v) is 5.41. The average molecular weight is 477 g/mol. The highest BCUT2D eigenvalue weighted by Crippen LogP contribution is 2.26. The van der Waals surface area contributed by atoms with E-state index in [2.05, 4.69) is 41.3 Å². The lowest BCUT2D eigenvalue weighted by Gasteiger charge is -2.13. The van der Waals surface area contributed by atoms with Gasteiger partial charge in [0.25, 0.3) is 5.91 Å². The molecule has 3 heterocycles. The highest BCUT2D eigenvalue weighted by molar-refractivity contribution is 6.01. The van der Waals surface area contributed by atoms with Crippen LogP contribution in [0, 0.1) is 13.8 Å². The van der Waals surface area contributed by atoms with Crippen molar-refractivity contribution >= 4 is 46.2 Å². The largest absolute Gasteiger partial charge is 0.355 e. The van der Waals surface area contributed by atoms with Crippen LogP contribution in [0.5, 0.6) is 0 Å². The molecule has 0 radical (unpaired) electrons. The first-order valence-corrected chi connectivity index (χ1v) is 11.4. The first-order chi connectivity index (χ1) is 17.5. The molecule has 178 valence electrons. The Bertz CT molecular complexity index is 1540. The predicted molar refractivity (Wildman–Crippen MR) is 142 cm³/mol. The zero-order valence-corrected chi connectivity index (χ0v) is 19.8. The van der Waals surface area contributed by atoms with Crippen LogP contribution in [0.25, 0.3) is 23.1 Å². The molecule has 0 fully saturated rings. The fourth-order valence-electron chi connectivity index (χ4n) is 3.80. The van der Waals surface area contributed by atoms with Gasteiger partial charge < -0.3 is 5.32 Å². The van der Waals surface area contributed by atoms with Gasteiger partial charge in [0.2, 0.25) is 0 Å². The smallest absolute Gasteiger partial charge is 0.271 e. The summed E-state index contributed by atoms with van der Waals surface area (Å²) in [5.41, 5.74) is 10.9. The van der Waals surface area contributed by atoms with E-state index in [-0.39, 0.29) is 5.91 Å². The first-order valence-electron chi connectivity index (χ1n) is 11.4. The number of nitrogens with one attached hydrogen (secondary N) is 4. The summed E-state index contributed by atoms with van der Waals surface area (Å²) in [6.45, 7) is 3.67. The monoisotopic (exact) mass is 476 g/mol. The van der Waals surface area contributed by atoms with Gasteiger partial charge in [-0.15, -0.1) is 0 Å². The summed E-state index contributed by atoms with van der Waals surface area (Å²) in [6.07, 6.45) is 5.61. The zero-order valence-electron chi connectivity index (χ0n) is 19.8. The number of pyridine rings is 1. The predicted octanol–water partition coefficient (Wildman–Crippen LogP) is 5.04. The molecule has 0 aliphatic heterocycles. The lowest BCUT2D eigenvalue weighted by atomic mass is 10.1. The van der Waals surface area contributed by atoms with E-state index in [4.69, 9.17) is 0 Å². The van der Waals surface area contributed by atoms with Gasteiger partial charge in [0.05, 0.1) is 28.2 Å². The van der Waals surface area contributed by atoms with Crippen LogP contribution < -0.4 is 16.2 Å². The van der Waals surface area contributed by atoms with Gasteiger partial charge in [-0.2, -0.15) is 5.10 Å². The van der Waals surface area contributed by atoms with E-state index in [9.17, 15) is 4.79 Å². The van der Waals surface area contributed by atoms with Crippen molar-refractivity contribution in [2.45, 2.75) is 13.8 Å². The van der Waals surface area contributed by atoms with Crippen LogP contribution in [-0.4, -0.2) is 31.1 Å². The van der Waals surface area contributed by atoms with Crippen molar-refractivity contribution < 1.29 is 4.79 Å². The van der Waals surface area contributed by atoms with E-state index >= 15 is 0 Å². The van der Waals surface area contributed by atoms with Crippen LogP contribution in [0.15, 0.2) is 72.9 Å². The molecule has 9 nitrogen and oxygen atoms in total. The van der Waals surface area contributed by atoms with E-state index in [1.54, 1.807) is 25.3 Å². The molecule has 5 rings (SSSR count). The van der Waals surface area contributed by atoms with Crippen LogP contribution in [-0.2, 0) is 0 Å². The highest BCUT2D eigenvalue weighted by atomic mass is 16.2. The van der Waals surface area contributed by atoms with E-state index < -0.39 is 0 Å². The topological polar surface area (TPSA) is 121 Å².